The van der Waals surface area contributed by atoms with Crippen LogP contribution < -0.4 is 9.47 Å². The number of nitrogens with zero attached hydrogens (tertiary/aromatic N) is 3. The topological polar surface area (TPSA) is 121 Å². The molecule has 2 aliphatic rings. The lowest BCUT2D eigenvalue weighted by Crippen LogP contribution is -2.35. The van der Waals surface area contributed by atoms with Crippen molar-refractivity contribution in [2.24, 2.45) is 10.1 Å². The van der Waals surface area contributed by atoms with Gasteiger partial charge in [0.05, 0.1) is 17.9 Å². The van der Waals surface area contributed by atoms with E-state index in [-0.39, 0.29) is 26.7 Å². The first-order valence-electron chi connectivity index (χ1n) is 10.9. The van der Waals surface area contributed by atoms with Crippen LogP contribution in [0, 0.1) is 12.3 Å². The number of aliphatic imine (C=N–C) groups is 1. The predicted molar refractivity (Wildman–Crippen MR) is 138 cm³/mol. The van der Waals surface area contributed by atoms with Crippen LogP contribution in [0.3, 0.4) is 0 Å². The minimum atomic E-state index is -3.59. The van der Waals surface area contributed by atoms with Gasteiger partial charge in [0, 0.05) is 0 Å². The maximum Gasteiger partial charge on any atom is 0.283 e. The van der Waals surface area contributed by atoms with E-state index in [0.29, 0.717) is 30.3 Å². The van der Waals surface area contributed by atoms with E-state index in [1.165, 1.54) is 18.6 Å². The molecule has 0 aromatic heterocycles. The second-order valence-corrected chi connectivity index (χ2v) is 11.1. The lowest BCUT2D eigenvalue weighted by atomic mass is 10.1. The largest absolute Gasteiger partial charge is 0.490 e. The zero-order chi connectivity index (χ0) is 25.2. The maximum absolute atomic E-state index is 12.6. The van der Waals surface area contributed by atoms with Gasteiger partial charge in [0.2, 0.25) is 19.4 Å². The highest BCUT2D eigenvalue weighted by molar-refractivity contribution is 8.42. The number of nitrogens with one attached hydrogen (secondary N) is 1. The van der Waals surface area contributed by atoms with Crippen molar-refractivity contribution in [2.45, 2.75) is 27.4 Å². The highest BCUT2D eigenvalue weighted by atomic mass is 32.3. The number of carbonyl (C=O) groups excluding carboxylic acids is 1. The van der Waals surface area contributed by atoms with Crippen molar-refractivity contribution in [3.8, 4) is 11.5 Å². The van der Waals surface area contributed by atoms with Crippen LogP contribution in [-0.2, 0) is 21.2 Å². The van der Waals surface area contributed by atoms with Crippen LogP contribution in [0.1, 0.15) is 30.5 Å². The molecule has 11 heteroatoms. The second-order valence-electron chi connectivity index (χ2n) is 7.70. The van der Waals surface area contributed by atoms with Crippen LogP contribution in [-0.4, -0.2) is 47.1 Å². The number of fused-ring (bicyclic) bond motifs is 1. The number of amidine groups is 2. The highest BCUT2D eigenvalue weighted by Crippen LogP contribution is 2.33. The fourth-order valence-electron chi connectivity index (χ4n) is 3.24. The molecule has 182 valence electrons. The van der Waals surface area contributed by atoms with Crippen molar-refractivity contribution < 1.29 is 22.7 Å². The van der Waals surface area contributed by atoms with Crippen molar-refractivity contribution in [3.63, 3.8) is 0 Å². The lowest BCUT2D eigenvalue weighted by Gasteiger charge is -2.20. The van der Waals surface area contributed by atoms with E-state index in [9.17, 15) is 13.2 Å². The van der Waals surface area contributed by atoms with Crippen LogP contribution in [0.5, 0.6) is 11.5 Å². The molecule has 0 saturated carbocycles. The standard InChI is InChI=1S/C24H24N4O5S2/c1-4-32-20-13-17(10-11-19(20)33-14-16-8-6-15(3)7-9-16)12-18-21(25)28-23(26-22(18)29)34-24(27-28)35(30,31)5-2/h6-13,25H,4-5,14H2,1-3H3/b18-12+,25-21?. The molecule has 0 fully saturated rings. The van der Waals surface area contributed by atoms with E-state index in [1.54, 1.807) is 18.2 Å². The summed E-state index contributed by atoms with van der Waals surface area (Å²) in [4.78, 5) is 16.6. The molecule has 1 N–H and O–H groups in total. The molecular formula is C24H24N4O5S2. The SMILES string of the molecule is CCOc1cc(/C=C2\C(=N)N3N=C(S(=O)(=O)CC)SC3=NC2=O)ccc1OCc1ccc(C)cc1. The molecule has 0 aliphatic carbocycles. The van der Waals surface area contributed by atoms with Gasteiger partial charge in [0.25, 0.3) is 5.91 Å². The number of benzene rings is 2. The monoisotopic (exact) mass is 512 g/mol. The summed E-state index contributed by atoms with van der Waals surface area (Å²) in [7, 11) is -3.59. The molecular weight excluding hydrogens is 488 g/mol. The van der Waals surface area contributed by atoms with E-state index in [4.69, 9.17) is 14.9 Å². The smallest absolute Gasteiger partial charge is 0.283 e. The number of hydrogen-bond donors (Lipinski definition) is 1. The number of carbonyl (C=O) groups is 1. The number of aryl methyl sites for hydroxylation is 1. The number of ether oxygens (including phenoxy) is 2. The Morgan fingerprint density at radius 1 is 1.09 bits per heavy atom. The molecule has 2 aliphatic heterocycles. The minimum Gasteiger partial charge on any atom is -0.490 e. The third-order valence-corrected chi connectivity index (χ3v) is 8.26. The summed E-state index contributed by atoms with van der Waals surface area (Å²) >= 11 is 0.770. The fourth-order valence-corrected chi connectivity index (χ4v) is 5.40. The summed E-state index contributed by atoms with van der Waals surface area (Å²) < 4.78 is 35.8. The molecule has 2 aromatic rings. The number of sulfone groups is 1. The quantitative estimate of drug-likeness (QED) is 0.557. The van der Waals surface area contributed by atoms with Gasteiger partial charge in [-0.1, -0.05) is 42.8 Å². The summed E-state index contributed by atoms with van der Waals surface area (Å²) in [5, 5.41) is 13.6. The van der Waals surface area contributed by atoms with Crippen LogP contribution in [0.15, 0.2) is 58.1 Å². The molecule has 0 saturated heterocycles. The Bertz CT molecular complexity index is 1380. The van der Waals surface area contributed by atoms with Crippen LogP contribution in [0.2, 0.25) is 0 Å². The molecule has 9 nitrogen and oxygen atoms in total. The van der Waals surface area contributed by atoms with Crippen LogP contribution >= 0.6 is 11.8 Å². The summed E-state index contributed by atoms with van der Waals surface area (Å²) in [6.45, 7) is 6.17. The fraction of sp³-hybridized carbons (Fsp3) is 0.250. The van der Waals surface area contributed by atoms with E-state index in [2.05, 4.69) is 10.1 Å². The molecule has 0 atom stereocenters. The molecule has 0 bridgehead atoms. The Kier molecular flexibility index (Phi) is 7.08. The Balaban J connectivity index is 1.59. The highest BCUT2D eigenvalue weighted by Gasteiger charge is 2.39. The third kappa shape index (κ3) is 5.30. The molecule has 0 spiro atoms. The first kappa shape index (κ1) is 24.7. The summed E-state index contributed by atoms with van der Waals surface area (Å²) in [6.07, 6.45) is 1.50. The van der Waals surface area contributed by atoms with Gasteiger partial charge in [-0.3, -0.25) is 10.2 Å². The first-order chi connectivity index (χ1) is 16.7. The number of thioether (sulfide) groups is 1. The number of amides is 1. The lowest BCUT2D eigenvalue weighted by molar-refractivity contribution is -0.114. The molecule has 2 aromatic carbocycles. The summed E-state index contributed by atoms with van der Waals surface area (Å²) in [5.41, 5.74) is 2.78. The summed E-state index contributed by atoms with van der Waals surface area (Å²) in [5.74, 6) is 0.0276. The zero-order valence-corrected chi connectivity index (χ0v) is 21.1. The Morgan fingerprint density at radius 3 is 2.51 bits per heavy atom. The average Bonchev–Trinajstić information content (AvgIpc) is 3.27. The minimum absolute atomic E-state index is 0.0102. The van der Waals surface area contributed by atoms with Crippen molar-refractivity contribution in [1.29, 1.82) is 5.41 Å². The van der Waals surface area contributed by atoms with Gasteiger partial charge in [-0.05, 0) is 54.9 Å². The van der Waals surface area contributed by atoms with Gasteiger partial charge in [0.15, 0.2) is 17.3 Å². The van der Waals surface area contributed by atoms with E-state index < -0.39 is 15.7 Å². The number of rotatable bonds is 7. The number of hydrazone groups is 1. The normalized spacial score (nSPS) is 16.8. The third-order valence-electron chi connectivity index (χ3n) is 5.18. The number of hydrogen-bond acceptors (Lipinski definition) is 8. The van der Waals surface area contributed by atoms with Crippen LogP contribution in [0.4, 0.5) is 0 Å². The van der Waals surface area contributed by atoms with Gasteiger partial charge in [-0.2, -0.15) is 10.0 Å². The zero-order valence-electron chi connectivity index (χ0n) is 19.4. The average molecular weight is 513 g/mol. The van der Waals surface area contributed by atoms with E-state index in [0.717, 1.165) is 22.3 Å². The Hall–Kier alpha value is -3.44. The Labute approximate surface area is 208 Å². The van der Waals surface area contributed by atoms with Crippen molar-refractivity contribution in [2.75, 3.05) is 12.4 Å². The molecule has 0 radical (unpaired) electrons. The molecule has 2 heterocycles. The van der Waals surface area contributed by atoms with E-state index >= 15 is 0 Å². The maximum atomic E-state index is 12.6. The van der Waals surface area contributed by atoms with Crippen molar-refractivity contribution >= 4 is 49.0 Å². The predicted octanol–water partition coefficient (Wildman–Crippen LogP) is 3.98. The van der Waals surface area contributed by atoms with Gasteiger partial charge < -0.3 is 9.47 Å². The second kappa shape index (κ2) is 10.0. The van der Waals surface area contributed by atoms with Gasteiger partial charge in [-0.15, -0.1) is 5.10 Å². The van der Waals surface area contributed by atoms with Crippen molar-refractivity contribution in [3.05, 3.63) is 64.7 Å². The van der Waals surface area contributed by atoms with Gasteiger partial charge in [-0.25, -0.2) is 8.42 Å². The van der Waals surface area contributed by atoms with Gasteiger partial charge >= 0.3 is 0 Å². The molecule has 35 heavy (non-hydrogen) atoms. The van der Waals surface area contributed by atoms with E-state index in [1.807, 2.05) is 38.1 Å². The molecule has 1 amide bonds. The molecule has 0 unspecified atom stereocenters. The Morgan fingerprint density at radius 2 is 1.83 bits per heavy atom. The van der Waals surface area contributed by atoms with Gasteiger partial charge in [0.1, 0.15) is 6.61 Å². The summed E-state index contributed by atoms with van der Waals surface area (Å²) in [6, 6.07) is 13.2. The molecule has 4 rings (SSSR count). The first-order valence-corrected chi connectivity index (χ1v) is 13.4. The van der Waals surface area contributed by atoms with Crippen LogP contribution in [0.25, 0.3) is 6.08 Å². The van der Waals surface area contributed by atoms with Crippen molar-refractivity contribution in [1.82, 2.24) is 5.01 Å².